The standard InChI is InChI=1S/C18H15BS/c1-4-10-16(11-5-1)19(17-12-6-2-7-13-17)20-18-14-8-3-9-15-18/h1-15H. The van der Waals surface area contributed by atoms with Gasteiger partial charge < -0.3 is 0 Å². The van der Waals surface area contributed by atoms with Gasteiger partial charge in [-0.15, -0.1) is 0 Å². The average molecular weight is 274 g/mol. The minimum atomic E-state index is 0.333. The molecule has 0 spiro atoms. The molecule has 2 heteroatoms. The smallest absolute Gasteiger partial charge is 0.163 e. The van der Waals surface area contributed by atoms with E-state index in [2.05, 4.69) is 91.0 Å². The van der Waals surface area contributed by atoms with Crippen LogP contribution >= 0.6 is 11.6 Å². The molecule has 0 aromatic heterocycles. The molecule has 0 nitrogen and oxygen atoms in total. The van der Waals surface area contributed by atoms with Crippen molar-refractivity contribution in [2.24, 2.45) is 0 Å². The molecule has 0 unspecified atom stereocenters. The second-order valence-electron chi connectivity index (χ2n) is 4.63. The lowest BCUT2D eigenvalue weighted by molar-refractivity contribution is 1.48. The van der Waals surface area contributed by atoms with Gasteiger partial charge in [0.15, 0.2) is 0 Å². The normalized spacial score (nSPS) is 10.2. The molecule has 0 atom stereocenters. The number of hydrogen-bond acceptors (Lipinski definition) is 1. The summed E-state index contributed by atoms with van der Waals surface area (Å²) in [7, 11) is 0. The highest BCUT2D eigenvalue weighted by Gasteiger charge is 2.20. The first-order valence-corrected chi connectivity index (χ1v) is 7.63. The van der Waals surface area contributed by atoms with Gasteiger partial charge in [-0.3, -0.25) is 0 Å². The first kappa shape index (κ1) is 13.1. The van der Waals surface area contributed by atoms with Crippen molar-refractivity contribution < 1.29 is 0 Å². The maximum absolute atomic E-state index is 2.20. The van der Waals surface area contributed by atoms with Gasteiger partial charge >= 0.3 is 0 Å². The first-order valence-electron chi connectivity index (χ1n) is 6.75. The topological polar surface area (TPSA) is 0 Å². The molecule has 20 heavy (non-hydrogen) atoms. The highest BCUT2D eigenvalue weighted by atomic mass is 32.2. The van der Waals surface area contributed by atoms with Crippen LogP contribution in [0.15, 0.2) is 95.9 Å². The summed E-state index contributed by atoms with van der Waals surface area (Å²) >= 11 is 1.89. The monoisotopic (exact) mass is 274 g/mol. The van der Waals surface area contributed by atoms with E-state index >= 15 is 0 Å². The summed E-state index contributed by atoms with van der Waals surface area (Å²) in [4.78, 5) is 1.30. The van der Waals surface area contributed by atoms with Crippen molar-refractivity contribution in [1.29, 1.82) is 0 Å². The molecule has 96 valence electrons. The van der Waals surface area contributed by atoms with Crippen molar-refractivity contribution in [2.75, 3.05) is 0 Å². The Kier molecular flexibility index (Phi) is 4.24. The summed E-state index contributed by atoms with van der Waals surface area (Å²) in [6.07, 6.45) is 0. The number of rotatable bonds is 4. The van der Waals surface area contributed by atoms with Gasteiger partial charge in [0.2, 0.25) is 0 Å². The highest BCUT2D eigenvalue weighted by molar-refractivity contribution is 8.28. The van der Waals surface area contributed by atoms with Crippen LogP contribution in [-0.2, 0) is 0 Å². The van der Waals surface area contributed by atoms with E-state index in [0.29, 0.717) is 5.99 Å². The van der Waals surface area contributed by atoms with Gasteiger partial charge in [-0.05, 0) is 17.0 Å². The second kappa shape index (κ2) is 6.49. The molecule has 0 saturated carbocycles. The summed E-state index contributed by atoms with van der Waals surface area (Å²) in [5.74, 6) is 0.333. The largest absolute Gasteiger partial charge is 0.280 e. The SMILES string of the molecule is c1ccc(SB(c2ccccc2)c2ccccc2)cc1. The zero-order chi connectivity index (χ0) is 13.6. The van der Waals surface area contributed by atoms with Gasteiger partial charge in [-0.25, -0.2) is 0 Å². The van der Waals surface area contributed by atoms with Gasteiger partial charge in [0.05, 0.1) is 0 Å². The Labute approximate surface area is 124 Å². The molecule has 0 heterocycles. The van der Waals surface area contributed by atoms with Crippen molar-refractivity contribution >= 4 is 28.5 Å². The van der Waals surface area contributed by atoms with E-state index in [4.69, 9.17) is 0 Å². The lowest BCUT2D eigenvalue weighted by atomic mass is 9.62. The van der Waals surface area contributed by atoms with E-state index in [0.717, 1.165) is 0 Å². The van der Waals surface area contributed by atoms with Gasteiger partial charge in [0.1, 0.15) is 0 Å². The van der Waals surface area contributed by atoms with Crippen molar-refractivity contribution in [3.05, 3.63) is 91.0 Å². The van der Waals surface area contributed by atoms with Crippen LogP contribution in [-0.4, -0.2) is 5.99 Å². The van der Waals surface area contributed by atoms with Crippen LogP contribution in [0, 0.1) is 0 Å². The number of hydrogen-bond donors (Lipinski definition) is 0. The lowest BCUT2D eigenvalue weighted by Crippen LogP contribution is -2.39. The maximum Gasteiger partial charge on any atom is 0.280 e. The molecule has 3 rings (SSSR count). The van der Waals surface area contributed by atoms with E-state index in [1.807, 2.05) is 11.6 Å². The zero-order valence-corrected chi connectivity index (χ0v) is 12.0. The van der Waals surface area contributed by atoms with E-state index in [9.17, 15) is 0 Å². The van der Waals surface area contributed by atoms with Crippen molar-refractivity contribution in [3.63, 3.8) is 0 Å². The van der Waals surface area contributed by atoms with Crippen LogP contribution in [0.25, 0.3) is 0 Å². The van der Waals surface area contributed by atoms with Crippen LogP contribution in [0.3, 0.4) is 0 Å². The third-order valence-corrected chi connectivity index (χ3v) is 4.53. The molecule has 0 fully saturated rings. The van der Waals surface area contributed by atoms with Gasteiger partial charge in [-0.2, -0.15) is 11.6 Å². The highest BCUT2D eigenvalue weighted by Crippen LogP contribution is 2.20. The van der Waals surface area contributed by atoms with Crippen molar-refractivity contribution in [2.45, 2.75) is 4.90 Å². The van der Waals surface area contributed by atoms with Gasteiger partial charge in [0, 0.05) is 0 Å². The Morgan fingerprint density at radius 2 is 0.900 bits per heavy atom. The maximum atomic E-state index is 2.20. The summed E-state index contributed by atoms with van der Waals surface area (Å²) in [6, 6.07) is 32.0. The third kappa shape index (κ3) is 3.15. The minimum absolute atomic E-state index is 0.333. The Bertz CT molecular complexity index is 599. The number of benzene rings is 3. The Balaban J connectivity index is 1.96. The summed E-state index contributed by atoms with van der Waals surface area (Å²) in [5.41, 5.74) is 2.68. The molecule has 3 aromatic rings. The fourth-order valence-corrected chi connectivity index (χ4v) is 3.39. The van der Waals surface area contributed by atoms with Crippen LogP contribution in [0.2, 0.25) is 0 Å². The molecule has 0 amide bonds. The molecule has 0 bridgehead atoms. The van der Waals surface area contributed by atoms with Gasteiger partial charge in [0.25, 0.3) is 5.99 Å². The molecule has 0 aliphatic heterocycles. The quantitative estimate of drug-likeness (QED) is 0.655. The van der Waals surface area contributed by atoms with E-state index in [1.54, 1.807) is 0 Å². The molecule has 0 radical (unpaired) electrons. The average Bonchev–Trinajstić information content (AvgIpc) is 2.55. The second-order valence-corrected chi connectivity index (χ2v) is 5.81. The predicted octanol–water partition coefficient (Wildman–Crippen LogP) is 3.58. The van der Waals surface area contributed by atoms with Crippen molar-refractivity contribution in [3.8, 4) is 0 Å². The van der Waals surface area contributed by atoms with E-state index in [1.165, 1.54) is 15.8 Å². The molecule has 3 aromatic carbocycles. The molecule has 0 aliphatic rings. The van der Waals surface area contributed by atoms with E-state index in [-0.39, 0.29) is 0 Å². The Morgan fingerprint density at radius 1 is 0.500 bits per heavy atom. The minimum Gasteiger partial charge on any atom is -0.163 e. The molecular formula is C18H15BS. The summed E-state index contributed by atoms with van der Waals surface area (Å²) < 4.78 is 0. The zero-order valence-electron chi connectivity index (χ0n) is 11.1. The lowest BCUT2D eigenvalue weighted by Gasteiger charge is -2.14. The van der Waals surface area contributed by atoms with E-state index < -0.39 is 0 Å². The van der Waals surface area contributed by atoms with Crippen LogP contribution < -0.4 is 10.9 Å². The Morgan fingerprint density at radius 3 is 1.35 bits per heavy atom. The van der Waals surface area contributed by atoms with Gasteiger partial charge in [-0.1, -0.05) is 89.8 Å². The van der Waals surface area contributed by atoms with Crippen LogP contribution in [0.4, 0.5) is 0 Å². The van der Waals surface area contributed by atoms with Crippen LogP contribution in [0.5, 0.6) is 0 Å². The molecule has 0 saturated heterocycles. The summed E-state index contributed by atoms with van der Waals surface area (Å²) in [6.45, 7) is 0. The van der Waals surface area contributed by atoms with Crippen LogP contribution in [0.1, 0.15) is 0 Å². The fourth-order valence-electron chi connectivity index (χ4n) is 2.22. The first-order chi connectivity index (χ1) is 9.93. The molecule has 0 aliphatic carbocycles. The van der Waals surface area contributed by atoms with Crippen molar-refractivity contribution in [1.82, 2.24) is 0 Å². The summed E-state index contributed by atoms with van der Waals surface area (Å²) in [5, 5.41) is 0. The molecule has 0 N–H and O–H groups in total. The fraction of sp³-hybridized carbons (Fsp3) is 0. The predicted molar refractivity (Wildman–Crippen MR) is 90.2 cm³/mol. The molecular weight excluding hydrogens is 259 g/mol. The Hall–Kier alpha value is -1.93. The third-order valence-electron chi connectivity index (χ3n) is 3.20.